The molecule has 0 aliphatic heterocycles. The summed E-state index contributed by atoms with van der Waals surface area (Å²) in [6.45, 7) is 3.12. The van der Waals surface area contributed by atoms with Crippen molar-refractivity contribution < 1.29 is 18.7 Å². The van der Waals surface area contributed by atoms with E-state index in [0.29, 0.717) is 51.5 Å². The second-order valence-corrected chi connectivity index (χ2v) is 9.18. The summed E-state index contributed by atoms with van der Waals surface area (Å²) in [6, 6.07) is 6.03. The quantitative estimate of drug-likeness (QED) is 0.195. The van der Waals surface area contributed by atoms with Crippen LogP contribution in [0.4, 0.5) is 21.8 Å². The van der Waals surface area contributed by atoms with Crippen LogP contribution in [-0.4, -0.2) is 57.6 Å². The van der Waals surface area contributed by atoms with Crippen LogP contribution in [0.1, 0.15) is 23.0 Å². The number of hydrogen-bond donors (Lipinski definition) is 2. The van der Waals surface area contributed by atoms with Crippen LogP contribution in [0, 0.1) is 5.82 Å². The lowest BCUT2D eigenvalue weighted by Gasteiger charge is -2.12. The summed E-state index contributed by atoms with van der Waals surface area (Å²) in [5.74, 6) is -0.228. The fraction of sp³-hybridized carbons (Fsp3) is 0.292. The Morgan fingerprint density at radius 1 is 1.27 bits per heavy atom. The number of ether oxygens (including phenoxy) is 2. The first-order chi connectivity index (χ1) is 17.9. The average Bonchev–Trinajstić information content (AvgIpc) is 3.51. The molecule has 0 saturated heterocycles. The molecule has 13 heteroatoms. The Morgan fingerprint density at radius 3 is 2.81 bits per heavy atom. The van der Waals surface area contributed by atoms with Crippen molar-refractivity contribution in [1.29, 1.82) is 0 Å². The fourth-order valence-corrected chi connectivity index (χ4v) is 4.50. The summed E-state index contributed by atoms with van der Waals surface area (Å²) in [7, 11) is 3.42. The molecule has 0 fully saturated rings. The molecule has 194 valence electrons. The maximum Gasteiger partial charge on any atom is 0.350 e. The smallest absolute Gasteiger partial charge is 0.350 e. The Kier molecular flexibility index (Phi) is 8.64. The fourth-order valence-electron chi connectivity index (χ4n) is 3.34. The van der Waals surface area contributed by atoms with Gasteiger partial charge in [-0.2, -0.15) is 10.1 Å². The summed E-state index contributed by atoms with van der Waals surface area (Å²) in [5, 5.41) is 11.2. The Morgan fingerprint density at radius 2 is 2.11 bits per heavy atom. The minimum Gasteiger partial charge on any atom is -0.462 e. The van der Waals surface area contributed by atoms with Crippen molar-refractivity contribution in [3.05, 3.63) is 52.4 Å². The summed E-state index contributed by atoms with van der Waals surface area (Å²) < 4.78 is 25.6. The van der Waals surface area contributed by atoms with Crippen LogP contribution in [0.15, 0.2) is 36.7 Å². The number of esters is 1. The van der Waals surface area contributed by atoms with Gasteiger partial charge in [0.05, 0.1) is 17.2 Å². The second-order valence-electron chi connectivity index (χ2n) is 7.77. The van der Waals surface area contributed by atoms with Crippen molar-refractivity contribution in [2.24, 2.45) is 7.05 Å². The summed E-state index contributed by atoms with van der Waals surface area (Å²) in [5.41, 5.74) is 2.10. The van der Waals surface area contributed by atoms with Gasteiger partial charge in [0, 0.05) is 45.4 Å². The maximum absolute atomic E-state index is 13.6. The Bertz CT molecular complexity index is 1390. The van der Waals surface area contributed by atoms with Gasteiger partial charge in [-0.25, -0.2) is 19.2 Å². The molecule has 2 N–H and O–H groups in total. The zero-order chi connectivity index (χ0) is 26.4. The Balaban J connectivity index is 1.73. The van der Waals surface area contributed by atoms with Gasteiger partial charge in [-0.05, 0) is 37.6 Å². The molecule has 0 unspecified atom stereocenters. The summed E-state index contributed by atoms with van der Waals surface area (Å²) >= 11 is 7.08. The first-order valence-electron chi connectivity index (χ1n) is 11.4. The predicted molar refractivity (Wildman–Crippen MR) is 141 cm³/mol. The average molecular weight is 546 g/mol. The topological polar surface area (TPSA) is 116 Å². The number of nitrogens with zero attached hydrogens (tertiary/aromatic N) is 5. The largest absolute Gasteiger partial charge is 0.462 e. The van der Waals surface area contributed by atoms with E-state index in [-0.39, 0.29) is 17.6 Å². The molecular weight excluding hydrogens is 521 g/mol. The van der Waals surface area contributed by atoms with Crippen molar-refractivity contribution in [2.45, 2.75) is 13.3 Å². The summed E-state index contributed by atoms with van der Waals surface area (Å²) in [6.07, 6.45) is 4.12. The predicted octanol–water partition coefficient (Wildman–Crippen LogP) is 5.16. The standard InChI is InChI=1S/C24H25ClFN7O3S/c1-4-36-23(34)20-19(18-8-10-33(2)32-18)30-22(37-20)15-13-28-24(31-21(15)27-9-5-11-35-3)29-14-6-7-17(26)16(25)12-14/h6-8,10,12-13H,4-5,9,11H2,1-3H3,(H2,27,28,29,31). The number of aryl methyl sites for hydroxylation is 1. The van der Waals surface area contributed by atoms with Crippen molar-refractivity contribution in [3.8, 4) is 22.0 Å². The lowest BCUT2D eigenvalue weighted by molar-refractivity contribution is 0.0532. The molecule has 0 aliphatic carbocycles. The molecule has 4 rings (SSSR count). The van der Waals surface area contributed by atoms with Crippen LogP contribution in [0.25, 0.3) is 22.0 Å². The molecule has 0 radical (unpaired) electrons. The third kappa shape index (κ3) is 6.40. The number of rotatable bonds is 11. The van der Waals surface area contributed by atoms with Gasteiger partial charge in [-0.15, -0.1) is 11.3 Å². The van der Waals surface area contributed by atoms with Gasteiger partial charge in [0.1, 0.15) is 32.9 Å². The van der Waals surface area contributed by atoms with Crippen LogP contribution in [-0.2, 0) is 16.5 Å². The van der Waals surface area contributed by atoms with Gasteiger partial charge in [0.2, 0.25) is 5.95 Å². The van der Waals surface area contributed by atoms with Crippen molar-refractivity contribution in [2.75, 3.05) is 37.5 Å². The third-order valence-electron chi connectivity index (χ3n) is 5.06. The van der Waals surface area contributed by atoms with Gasteiger partial charge in [0.25, 0.3) is 0 Å². The van der Waals surface area contributed by atoms with Gasteiger partial charge in [-0.1, -0.05) is 11.6 Å². The molecule has 0 aliphatic rings. The number of thiazole rings is 1. The van der Waals surface area contributed by atoms with Crippen LogP contribution < -0.4 is 10.6 Å². The molecule has 3 heterocycles. The first-order valence-corrected chi connectivity index (χ1v) is 12.6. The molecule has 4 aromatic rings. The number of carbonyl (C=O) groups is 1. The summed E-state index contributed by atoms with van der Waals surface area (Å²) in [4.78, 5) is 26.8. The highest BCUT2D eigenvalue weighted by atomic mass is 35.5. The Hall–Kier alpha value is -3.61. The zero-order valence-corrected chi connectivity index (χ0v) is 22.0. The number of hydrogen-bond acceptors (Lipinski definition) is 10. The molecule has 0 bridgehead atoms. The van der Waals surface area contributed by atoms with Crippen LogP contribution >= 0.6 is 22.9 Å². The van der Waals surface area contributed by atoms with E-state index in [0.717, 1.165) is 6.42 Å². The number of methoxy groups -OCH3 is 1. The molecule has 0 saturated carbocycles. The normalized spacial score (nSPS) is 10.9. The molecule has 1 aromatic carbocycles. The molecule has 0 amide bonds. The van der Waals surface area contributed by atoms with Gasteiger partial charge < -0.3 is 20.1 Å². The van der Waals surface area contributed by atoms with E-state index in [9.17, 15) is 9.18 Å². The van der Waals surface area contributed by atoms with Crippen LogP contribution in [0.2, 0.25) is 5.02 Å². The van der Waals surface area contributed by atoms with Gasteiger partial charge >= 0.3 is 5.97 Å². The molecular formula is C24H25ClFN7O3S. The van der Waals surface area contributed by atoms with Crippen molar-refractivity contribution in [1.82, 2.24) is 24.7 Å². The third-order valence-corrected chi connectivity index (χ3v) is 6.42. The maximum atomic E-state index is 13.6. The molecule has 10 nitrogen and oxygen atoms in total. The minimum atomic E-state index is -0.520. The second kappa shape index (κ2) is 12.1. The number of carbonyl (C=O) groups excluding carboxylic acids is 1. The highest BCUT2D eigenvalue weighted by Gasteiger charge is 2.24. The van der Waals surface area contributed by atoms with Crippen molar-refractivity contribution >= 4 is 46.4 Å². The van der Waals surface area contributed by atoms with E-state index < -0.39 is 11.8 Å². The number of benzene rings is 1. The van der Waals surface area contributed by atoms with E-state index in [4.69, 9.17) is 26.1 Å². The lowest BCUT2D eigenvalue weighted by atomic mass is 10.2. The molecule has 3 aromatic heterocycles. The van der Waals surface area contributed by atoms with E-state index in [1.54, 1.807) is 44.2 Å². The van der Waals surface area contributed by atoms with E-state index >= 15 is 0 Å². The molecule has 0 atom stereocenters. The first kappa shape index (κ1) is 26.5. The van der Waals surface area contributed by atoms with E-state index in [1.807, 2.05) is 0 Å². The Labute approximate surface area is 221 Å². The highest BCUT2D eigenvalue weighted by Crippen LogP contribution is 2.37. The number of nitrogens with one attached hydrogen (secondary N) is 2. The monoisotopic (exact) mass is 545 g/mol. The van der Waals surface area contributed by atoms with Crippen LogP contribution in [0.3, 0.4) is 0 Å². The van der Waals surface area contributed by atoms with E-state index in [1.165, 1.54) is 29.5 Å². The minimum absolute atomic E-state index is 0.0177. The van der Waals surface area contributed by atoms with Crippen molar-refractivity contribution in [3.63, 3.8) is 0 Å². The molecule has 0 spiro atoms. The number of aromatic nitrogens is 5. The van der Waals surface area contributed by atoms with Crippen LogP contribution in [0.5, 0.6) is 0 Å². The van der Waals surface area contributed by atoms with Gasteiger partial charge in [-0.3, -0.25) is 4.68 Å². The SMILES string of the molecule is CCOC(=O)c1sc(-c2cnc(Nc3ccc(F)c(Cl)c3)nc2NCCCOC)nc1-c1ccn(C)n1. The van der Waals surface area contributed by atoms with E-state index in [2.05, 4.69) is 25.7 Å². The lowest BCUT2D eigenvalue weighted by Crippen LogP contribution is -2.09. The zero-order valence-electron chi connectivity index (χ0n) is 20.4. The molecule has 37 heavy (non-hydrogen) atoms. The van der Waals surface area contributed by atoms with Gasteiger partial charge in [0.15, 0.2) is 0 Å². The number of halogens is 2. The highest BCUT2D eigenvalue weighted by molar-refractivity contribution is 7.17. The number of anilines is 3.